The third kappa shape index (κ3) is 2.01. The lowest BCUT2D eigenvalue weighted by molar-refractivity contribution is 0.395. The van der Waals surface area contributed by atoms with Gasteiger partial charge in [-0.25, -0.2) is 0 Å². The minimum absolute atomic E-state index is 0.333. The summed E-state index contributed by atoms with van der Waals surface area (Å²) >= 11 is 12.3. The molecule has 0 fully saturated rings. The zero-order valence-electron chi connectivity index (χ0n) is 8.98. The molecule has 1 unspecified atom stereocenters. The van der Waals surface area contributed by atoms with Crippen LogP contribution in [-0.4, -0.2) is 6.54 Å². The Balaban J connectivity index is 2.53. The fourth-order valence-corrected chi connectivity index (χ4v) is 2.66. The SMILES string of the molecule is CC(C)C1NCCc2ccc(Cl)c(Cl)c21. The molecule has 1 aromatic carbocycles. The summed E-state index contributed by atoms with van der Waals surface area (Å²) in [5, 5.41) is 4.88. The van der Waals surface area contributed by atoms with Gasteiger partial charge in [-0.2, -0.15) is 0 Å². The summed E-state index contributed by atoms with van der Waals surface area (Å²) in [7, 11) is 0. The van der Waals surface area contributed by atoms with Gasteiger partial charge in [0.15, 0.2) is 0 Å². The van der Waals surface area contributed by atoms with E-state index in [0.29, 0.717) is 17.0 Å². The second-order valence-corrected chi connectivity index (χ2v) is 5.15. The largest absolute Gasteiger partial charge is 0.309 e. The molecular formula is C12H15Cl2N. The van der Waals surface area contributed by atoms with Crippen LogP contribution in [0.25, 0.3) is 0 Å². The molecule has 1 nitrogen and oxygen atoms in total. The molecule has 82 valence electrons. The molecule has 1 N–H and O–H groups in total. The second kappa shape index (κ2) is 4.32. The van der Waals surface area contributed by atoms with Crippen molar-refractivity contribution in [1.29, 1.82) is 0 Å². The summed E-state index contributed by atoms with van der Waals surface area (Å²) in [6.45, 7) is 5.42. The van der Waals surface area contributed by atoms with Gasteiger partial charge in [-0.1, -0.05) is 43.1 Å². The van der Waals surface area contributed by atoms with Gasteiger partial charge in [0.1, 0.15) is 0 Å². The Labute approximate surface area is 101 Å². The maximum Gasteiger partial charge on any atom is 0.0642 e. The normalized spacial score (nSPS) is 20.5. The summed E-state index contributed by atoms with van der Waals surface area (Å²) < 4.78 is 0. The van der Waals surface area contributed by atoms with E-state index in [9.17, 15) is 0 Å². The van der Waals surface area contributed by atoms with Crippen LogP contribution < -0.4 is 5.32 Å². The maximum absolute atomic E-state index is 6.28. The molecule has 1 aliphatic heterocycles. The topological polar surface area (TPSA) is 12.0 Å². The van der Waals surface area contributed by atoms with Gasteiger partial charge in [-0.05, 0) is 36.1 Å². The molecule has 1 aromatic rings. The zero-order valence-corrected chi connectivity index (χ0v) is 10.5. The molecule has 1 heterocycles. The molecule has 2 rings (SSSR count). The van der Waals surface area contributed by atoms with Crippen LogP contribution in [0.1, 0.15) is 31.0 Å². The Bertz CT molecular complexity index is 374. The molecule has 1 aliphatic rings. The maximum atomic E-state index is 6.28. The summed E-state index contributed by atoms with van der Waals surface area (Å²) in [5.74, 6) is 0.528. The molecule has 0 bridgehead atoms. The lowest BCUT2D eigenvalue weighted by Crippen LogP contribution is -2.33. The lowest BCUT2D eigenvalue weighted by atomic mass is 9.88. The van der Waals surface area contributed by atoms with E-state index in [1.807, 2.05) is 6.07 Å². The van der Waals surface area contributed by atoms with Crippen molar-refractivity contribution in [2.45, 2.75) is 26.3 Å². The first-order valence-electron chi connectivity index (χ1n) is 5.31. The van der Waals surface area contributed by atoms with Crippen molar-refractivity contribution < 1.29 is 0 Å². The monoisotopic (exact) mass is 243 g/mol. The Morgan fingerprint density at radius 3 is 2.73 bits per heavy atom. The number of benzene rings is 1. The molecule has 15 heavy (non-hydrogen) atoms. The van der Waals surface area contributed by atoms with Gasteiger partial charge in [0.2, 0.25) is 0 Å². The average molecular weight is 244 g/mol. The minimum atomic E-state index is 0.333. The van der Waals surface area contributed by atoms with Crippen molar-refractivity contribution in [3.05, 3.63) is 33.3 Å². The highest BCUT2D eigenvalue weighted by Crippen LogP contribution is 2.37. The van der Waals surface area contributed by atoms with Crippen LogP contribution in [0.5, 0.6) is 0 Å². The molecule has 0 saturated heterocycles. The highest BCUT2D eigenvalue weighted by molar-refractivity contribution is 6.42. The van der Waals surface area contributed by atoms with E-state index in [-0.39, 0.29) is 0 Å². The number of hydrogen-bond acceptors (Lipinski definition) is 1. The molecule has 0 radical (unpaired) electrons. The van der Waals surface area contributed by atoms with Gasteiger partial charge in [0.05, 0.1) is 10.0 Å². The molecule has 0 saturated carbocycles. The van der Waals surface area contributed by atoms with Gasteiger partial charge < -0.3 is 5.32 Å². The Hall–Kier alpha value is -0.240. The minimum Gasteiger partial charge on any atom is -0.309 e. The smallest absolute Gasteiger partial charge is 0.0642 e. The highest BCUT2D eigenvalue weighted by Gasteiger charge is 2.25. The fraction of sp³-hybridized carbons (Fsp3) is 0.500. The predicted octanol–water partition coefficient (Wildman–Crippen LogP) is 3.84. The van der Waals surface area contributed by atoms with Crippen molar-refractivity contribution in [3.8, 4) is 0 Å². The van der Waals surface area contributed by atoms with Crippen LogP contribution in [0.2, 0.25) is 10.0 Å². The summed E-state index contributed by atoms with van der Waals surface area (Å²) in [4.78, 5) is 0. The number of fused-ring (bicyclic) bond motifs is 1. The van der Waals surface area contributed by atoms with Crippen molar-refractivity contribution in [2.24, 2.45) is 5.92 Å². The van der Waals surface area contributed by atoms with Crippen LogP contribution in [0.3, 0.4) is 0 Å². The first-order chi connectivity index (χ1) is 7.11. The Kier molecular flexibility index (Phi) is 3.24. The van der Waals surface area contributed by atoms with E-state index in [1.54, 1.807) is 0 Å². The predicted molar refractivity (Wildman–Crippen MR) is 65.7 cm³/mol. The van der Waals surface area contributed by atoms with Gasteiger partial charge >= 0.3 is 0 Å². The number of hydrogen-bond donors (Lipinski definition) is 1. The summed E-state index contributed by atoms with van der Waals surface area (Å²) in [6.07, 6.45) is 1.04. The lowest BCUT2D eigenvalue weighted by Gasteiger charge is -2.31. The van der Waals surface area contributed by atoms with Crippen molar-refractivity contribution in [1.82, 2.24) is 5.32 Å². The van der Waals surface area contributed by atoms with Gasteiger partial charge in [0, 0.05) is 6.04 Å². The molecular weight excluding hydrogens is 229 g/mol. The first-order valence-corrected chi connectivity index (χ1v) is 6.07. The van der Waals surface area contributed by atoms with E-state index >= 15 is 0 Å². The van der Waals surface area contributed by atoms with Crippen molar-refractivity contribution in [3.63, 3.8) is 0 Å². The fourth-order valence-electron chi connectivity index (χ4n) is 2.19. The zero-order chi connectivity index (χ0) is 11.0. The molecule has 0 spiro atoms. The Morgan fingerprint density at radius 1 is 1.33 bits per heavy atom. The molecule has 3 heteroatoms. The van der Waals surface area contributed by atoms with E-state index in [1.165, 1.54) is 11.1 Å². The summed E-state index contributed by atoms with van der Waals surface area (Å²) in [6, 6.07) is 4.32. The quantitative estimate of drug-likeness (QED) is 0.791. The van der Waals surface area contributed by atoms with E-state index in [2.05, 4.69) is 25.2 Å². The third-order valence-electron chi connectivity index (χ3n) is 2.96. The summed E-state index contributed by atoms with van der Waals surface area (Å²) in [5.41, 5.74) is 2.53. The average Bonchev–Trinajstić information content (AvgIpc) is 2.23. The number of rotatable bonds is 1. The highest BCUT2D eigenvalue weighted by atomic mass is 35.5. The standard InChI is InChI=1S/C12H15Cl2N/c1-7(2)12-10-8(5-6-15-12)3-4-9(13)11(10)14/h3-4,7,12,15H,5-6H2,1-2H3. The number of nitrogens with one attached hydrogen (secondary N) is 1. The second-order valence-electron chi connectivity index (χ2n) is 4.36. The molecule has 1 atom stereocenters. The van der Waals surface area contributed by atoms with Crippen LogP contribution in [0.4, 0.5) is 0 Å². The number of halogens is 2. The molecule has 0 aromatic heterocycles. The molecule has 0 amide bonds. The van der Waals surface area contributed by atoms with E-state index in [0.717, 1.165) is 18.0 Å². The van der Waals surface area contributed by atoms with Crippen LogP contribution in [-0.2, 0) is 6.42 Å². The van der Waals surface area contributed by atoms with Gasteiger partial charge in [-0.15, -0.1) is 0 Å². The molecule has 0 aliphatic carbocycles. The van der Waals surface area contributed by atoms with Crippen LogP contribution in [0.15, 0.2) is 12.1 Å². The van der Waals surface area contributed by atoms with Crippen molar-refractivity contribution >= 4 is 23.2 Å². The van der Waals surface area contributed by atoms with Gasteiger partial charge in [0.25, 0.3) is 0 Å². The van der Waals surface area contributed by atoms with Crippen molar-refractivity contribution in [2.75, 3.05) is 6.54 Å². The third-order valence-corrected chi connectivity index (χ3v) is 3.78. The van der Waals surface area contributed by atoms with E-state index in [4.69, 9.17) is 23.2 Å². The van der Waals surface area contributed by atoms with Gasteiger partial charge in [-0.3, -0.25) is 0 Å². The van der Waals surface area contributed by atoms with Crippen LogP contribution >= 0.6 is 23.2 Å². The van der Waals surface area contributed by atoms with Crippen LogP contribution in [0, 0.1) is 5.92 Å². The van der Waals surface area contributed by atoms with E-state index < -0.39 is 0 Å². The first kappa shape index (κ1) is 11.3. The Morgan fingerprint density at radius 2 is 2.07 bits per heavy atom.